The number of para-hydroxylation sites is 1. The lowest BCUT2D eigenvalue weighted by molar-refractivity contribution is 0.101. The van der Waals surface area contributed by atoms with Crippen LogP contribution in [-0.2, 0) is 6.61 Å². The summed E-state index contributed by atoms with van der Waals surface area (Å²) in [6.45, 7) is 3.90. The Kier molecular flexibility index (Phi) is 5.44. The molecule has 1 heterocycles. The van der Waals surface area contributed by atoms with Gasteiger partial charge in [0.2, 0.25) is 0 Å². The van der Waals surface area contributed by atoms with Crippen LogP contribution in [0, 0.1) is 6.92 Å². The van der Waals surface area contributed by atoms with Crippen LogP contribution in [0.4, 0.5) is 11.5 Å². The summed E-state index contributed by atoms with van der Waals surface area (Å²) in [6, 6.07) is 23.4. The fraction of sp³-hybridized carbons (Fsp3) is 0.160. The standard InChI is InChI=1S/C25H23N3O2/c1-17(29)20-13-11-19(12-14-20)16-30-22-8-6-7-21(15-22)28(3)25-23-9-4-5-10-24(23)26-18(2)27-25/h4-15H,16H2,1-3H3. The second kappa shape index (κ2) is 8.33. The average Bonchev–Trinajstić information content (AvgIpc) is 2.77. The molecule has 0 radical (unpaired) electrons. The molecule has 4 rings (SSSR count). The number of rotatable bonds is 6. The molecule has 0 saturated carbocycles. The summed E-state index contributed by atoms with van der Waals surface area (Å²) in [5, 5.41) is 1.00. The molecule has 0 N–H and O–H groups in total. The van der Waals surface area contributed by atoms with Crippen molar-refractivity contribution >= 4 is 28.2 Å². The minimum absolute atomic E-state index is 0.0608. The fourth-order valence-electron chi connectivity index (χ4n) is 3.34. The van der Waals surface area contributed by atoms with Crippen LogP contribution in [-0.4, -0.2) is 22.8 Å². The number of hydrogen-bond acceptors (Lipinski definition) is 5. The number of nitrogens with zero attached hydrogens (tertiary/aromatic N) is 3. The Morgan fingerprint density at radius 3 is 2.50 bits per heavy atom. The van der Waals surface area contributed by atoms with Crippen molar-refractivity contribution in [3.05, 3.63) is 89.7 Å². The van der Waals surface area contributed by atoms with Gasteiger partial charge in [0.1, 0.15) is 24.0 Å². The third kappa shape index (κ3) is 4.15. The summed E-state index contributed by atoms with van der Waals surface area (Å²) in [5.74, 6) is 2.42. The van der Waals surface area contributed by atoms with E-state index in [0.29, 0.717) is 12.2 Å². The molecule has 0 spiro atoms. The van der Waals surface area contributed by atoms with Gasteiger partial charge in [0.05, 0.1) is 5.52 Å². The first kappa shape index (κ1) is 19.6. The molecule has 5 heteroatoms. The Morgan fingerprint density at radius 1 is 0.967 bits per heavy atom. The van der Waals surface area contributed by atoms with Crippen LogP contribution in [0.25, 0.3) is 10.9 Å². The van der Waals surface area contributed by atoms with E-state index in [2.05, 4.69) is 9.97 Å². The molecule has 30 heavy (non-hydrogen) atoms. The zero-order valence-electron chi connectivity index (χ0n) is 17.3. The highest BCUT2D eigenvalue weighted by atomic mass is 16.5. The summed E-state index contributed by atoms with van der Waals surface area (Å²) >= 11 is 0. The van der Waals surface area contributed by atoms with Crippen molar-refractivity contribution in [2.75, 3.05) is 11.9 Å². The third-order valence-electron chi connectivity index (χ3n) is 4.98. The zero-order valence-corrected chi connectivity index (χ0v) is 17.3. The highest BCUT2D eigenvalue weighted by Crippen LogP contribution is 2.30. The number of carbonyl (C=O) groups is 1. The van der Waals surface area contributed by atoms with E-state index >= 15 is 0 Å². The lowest BCUT2D eigenvalue weighted by atomic mass is 10.1. The van der Waals surface area contributed by atoms with Gasteiger partial charge < -0.3 is 9.64 Å². The summed E-state index contributed by atoms with van der Waals surface area (Å²) in [6.07, 6.45) is 0. The zero-order chi connectivity index (χ0) is 21.1. The highest BCUT2D eigenvalue weighted by Gasteiger charge is 2.12. The number of ketones is 1. The first-order valence-corrected chi connectivity index (χ1v) is 9.81. The summed E-state index contributed by atoms with van der Waals surface area (Å²) in [7, 11) is 1.99. The van der Waals surface area contributed by atoms with E-state index in [1.807, 2.05) is 91.7 Å². The van der Waals surface area contributed by atoms with Crippen LogP contribution < -0.4 is 9.64 Å². The maximum absolute atomic E-state index is 11.4. The molecule has 4 aromatic rings. The molecule has 0 saturated heterocycles. The van der Waals surface area contributed by atoms with Crippen molar-refractivity contribution < 1.29 is 9.53 Å². The molecule has 0 atom stereocenters. The topological polar surface area (TPSA) is 55.3 Å². The van der Waals surface area contributed by atoms with Gasteiger partial charge in [-0.2, -0.15) is 0 Å². The summed E-state index contributed by atoms with van der Waals surface area (Å²) in [5.41, 5.74) is 3.61. The monoisotopic (exact) mass is 397 g/mol. The molecule has 0 unspecified atom stereocenters. The second-order valence-corrected chi connectivity index (χ2v) is 7.21. The van der Waals surface area contributed by atoms with E-state index in [0.717, 1.165) is 39.5 Å². The van der Waals surface area contributed by atoms with Crippen LogP contribution in [0.5, 0.6) is 5.75 Å². The van der Waals surface area contributed by atoms with E-state index in [9.17, 15) is 4.79 Å². The molecular weight excluding hydrogens is 374 g/mol. The maximum Gasteiger partial charge on any atom is 0.159 e. The average molecular weight is 397 g/mol. The molecule has 0 aliphatic carbocycles. The fourth-order valence-corrected chi connectivity index (χ4v) is 3.34. The molecule has 0 fully saturated rings. The Morgan fingerprint density at radius 2 is 1.73 bits per heavy atom. The number of aryl methyl sites for hydroxylation is 1. The first-order valence-electron chi connectivity index (χ1n) is 9.81. The minimum Gasteiger partial charge on any atom is -0.489 e. The van der Waals surface area contributed by atoms with Crippen LogP contribution in [0.15, 0.2) is 72.8 Å². The molecule has 1 aromatic heterocycles. The Balaban J connectivity index is 1.55. The summed E-state index contributed by atoms with van der Waals surface area (Å²) in [4.78, 5) is 22.7. The van der Waals surface area contributed by atoms with Crippen LogP contribution >= 0.6 is 0 Å². The minimum atomic E-state index is 0.0608. The maximum atomic E-state index is 11.4. The van der Waals surface area contributed by atoms with E-state index in [-0.39, 0.29) is 5.78 Å². The van der Waals surface area contributed by atoms with Gasteiger partial charge in [-0.25, -0.2) is 9.97 Å². The predicted octanol–water partition coefficient (Wildman–Crippen LogP) is 5.49. The normalized spacial score (nSPS) is 10.8. The van der Waals surface area contributed by atoms with Crippen molar-refractivity contribution in [1.82, 2.24) is 9.97 Å². The van der Waals surface area contributed by atoms with Crippen LogP contribution in [0.1, 0.15) is 28.7 Å². The SMILES string of the molecule is CC(=O)c1ccc(COc2cccc(N(C)c3nc(C)nc4ccccc34)c2)cc1. The Labute approximate surface area is 176 Å². The Hall–Kier alpha value is -3.73. The quantitative estimate of drug-likeness (QED) is 0.403. The molecular formula is C25H23N3O2. The molecule has 150 valence electrons. The van der Waals surface area contributed by atoms with Gasteiger partial charge in [0, 0.05) is 29.8 Å². The number of benzene rings is 3. The molecule has 0 aliphatic rings. The predicted molar refractivity (Wildman–Crippen MR) is 120 cm³/mol. The van der Waals surface area contributed by atoms with Gasteiger partial charge in [-0.15, -0.1) is 0 Å². The van der Waals surface area contributed by atoms with Gasteiger partial charge in [-0.05, 0) is 43.7 Å². The number of carbonyl (C=O) groups excluding carboxylic acids is 1. The molecule has 0 aliphatic heterocycles. The lowest BCUT2D eigenvalue weighted by Crippen LogP contribution is -2.13. The van der Waals surface area contributed by atoms with Gasteiger partial charge in [0.25, 0.3) is 0 Å². The molecule has 3 aromatic carbocycles. The molecule has 0 bridgehead atoms. The van der Waals surface area contributed by atoms with Crippen molar-refractivity contribution in [3.8, 4) is 5.75 Å². The molecule has 5 nitrogen and oxygen atoms in total. The number of fused-ring (bicyclic) bond motifs is 1. The van der Waals surface area contributed by atoms with Gasteiger partial charge >= 0.3 is 0 Å². The lowest BCUT2D eigenvalue weighted by Gasteiger charge is -2.21. The number of ether oxygens (including phenoxy) is 1. The van der Waals surface area contributed by atoms with Crippen molar-refractivity contribution in [3.63, 3.8) is 0 Å². The highest BCUT2D eigenvalue weighted by molar-refractivity contribution is 5.94. The van der Waals surface area contributed by atoms with E-state index in [4.69, 9.17) is 4.74 Å². The van der Waals surface area contributed by atoms with Crippen molar-refractivity contribution in [2.45, 2.75) is 20.5 Å². The summed E-state index contributed by atoms with van der Waals surface area (Å²) < 4.78 is 5.99. The van der Waals surface area contributed by atoms with E-state index < -0.39 is 0 Å². The van der Waals surface area contributed by atoms with Crippen molar-refractivity contribution in [1.29, 1.82) is 0 Å². The number of hydrogen-bond donors (Lipinski definition) is 0. The largest absolute Gasteiger partial charge is 0.489 e. The Bertz CT molecular complexity index is 1200. The smallest absolute Gasteiger partial charge is 0.159 e. The van der Waals surface area contributed by atoms with Gasteiger partial charge in [0.15, 0.2) is 5.78 Å². The number of anilines is 2. The molecule has 0 amide bonds. The van der Waals surface area contributed by atoms with Gasteiger partial charge in [-0.3, -0.25) is 4.79 Å². The van der Waals surface area contributed by atoms with Crippen LogP contribution in [0.3, 0.4) is 0 Å². The van der Waals surface area contributed by atoms with Gasteiger partial charge in [-0.1, -0.05) is 42.5 Å². The first-order chi connectivity index (χ1) is 14.5. The third-order valence-corrected chi connectivity index (χ3v) is 4.98. The van der Waals surface area contributed by atoms with E-state index in [1.54, 1.807) is 6.92 Å². The second-order valence-electron chi connectivity index (χ2n) is 7.21. The number of aromatic nitrogens is 2. The van der Waals surface area contributed by atoms with Crippen LogP contribution in [0.2, 0.25) is 0 Å². The van der Waals surface area contributed by atoms with E-state index in [1.165, 1.54) is 0 Å². The van der Waals surface area contributed by atoms with Crippen molar-refractivity contribution in [2.24, 2.45) is 0 Å². The number of Topliss-reactive ketones (excluding diaryl/α,β-unsaturated/α-hetero) is 1.